The first-order chi connectivity index (χ1) is 14.3. The van der Waals surface area contributed by atoms with Crippen LogP contribution in [0, 0.1) is 0 Å². The number of rotatable bonds is 7. The molecule has 0 saturated carbocycles. The zero-order valence-electron chi connectivity index (χ0n) is 16.0. The Bertz CT molecular complexity index is 1060. The third kappa shape index (κ3) is 5.32. The molecule has 154 valence electrons. The highest BCUT2D eigenvalue weighted by Crippen LogP contribution is 2.25. The molecule has 7 heteroatoms. The monoisotopic (exact) mass is 442 g/mol. The van der Waals surface area contributed by atoms with Crippen molar-refractivity contribution in [1.29, 1.82) is 0 Å². The number of carboxylic acids is 1. The van der Waals surface area contributed by atoms with Gasteiger partial charge >= 0.3 is 5.97 Å². The number of nitrogens with zero attached hydrogens (tertiary/aromatic N) is 1. The van der Waals surface area contributed by atoms with Gasteiger partial charge in [-0.3, -0.25) is 4.79 Å². The van der Waals surface area contributed by atoms with Crippen LogP contribution in [0.15, 0.2) is 72.8 Å². The lowest BCUT2D eigenvalue weighted by Gasteiger charge is -2.30. The summed E-state index contributed by atoms with van der Waals surface area (Å²) in [6, 6.07) is 19.6. The first-order valence-corrected chi connectivity index (χ1v) is 9.98. The van der Waals surface area contributed by atoms with Crippen LogP contribution >= 0.6 is 23.2 Å². The molecule has 3 N–H and O–H groups in total. The number of carboxylic acid groups (broad SMARTS) is 1. The number of carbonyl (C=O) groups excluding carboxylic acids is 1. The number of carbonyl (C=O) groups is 2. The van der Waals surface area contributed by atoms with Crippen molar-refractivity contribution < 1.29 is 14.7 Å². The summed E-state index contributed by atoms with van der Waals surface area (Å²) in [7, 11) is 0. The van der Waals surface area contributed by atoms with Gasteiger partial charge in [-0.25, -0.2) is 4.79 Å². The third-order valence-electron chi connectivity index (χ3n) is 4.66. The molecule has 5 nitrogen and oxygen atoms in total. The van der Waals surface area contributed by atoms with Crippen LogP contribution in [-0.2, 0) is 17.8 Å². The van der Waals surface area contributed by atoms with Crippen LogP contribution in [0.5, 0.6) is 0 Å². The maximum Gasteiger partial charge on any atom is 0.326 e. The average Bonchev–Trinajstić information content (AvgIpc) is 2.71. The van der Waals surface area contributed by atoms with Gasteiger partial charge < -0.3 is 15.7 Å². The van der Waals surface area contributed by atoms with Gasteiger partial charge in [0.15, 0.2) is 0 Å². The van der Waals surface area contributed by atoms with E-state index in [1.807, 2.05) is 30.3 Å². The number of hydrogen-bond donors (Lipinski definition) is 2. The fourth-order valence-electron chi connectivity index (χ4n) is 3.20. The highest BCUT2D eigenvalue weighted by molar-refractivity contribution is 6.36. The summed E-state index contributed by atoms with van der Waals surface area (Å²) in [4.78, 5) is 26.9. The molecule has 0 bridgehead atoms. The smallest absolute Gasteiger partial charge is 0.326 e. The maximum absolute atomic E-state index is 13.4. The second-order valence-corrected chi connectivity index (χ2v) is 7.69. The maximum atomic E-state index is 13.4. The Hall–Kier alpha value is -3.02. The summed E-state index contributed by atoms with van der Waals surface area (Å²) in [6.45, 7) is 0.0621. The molecule has 0 spiro atoms. The lowest BCUT2D eigenvalue weighted by Crippen LogP contribution is -2.46. The van der Waals surface area contributed by atoms with E-state index in [1.54, 1.807) is 30.3 Å². The van der Waals surface area contributed by atoms with Gasteiger partial charge in [0.1, 0.15) is 6.04 Å². The zero-order valence-corrected chi connectivity index (χ0v) is 17.5. The number of aliphatic carboxylic acids is 1. The lowest BCUT2D eigenvalue weighted by molar-refractivity contribution is -0.142. The topological polar surface area (TPSA) is 83.6 Å². The van der Waals surface area contributed by atoms with Crippen molar-refractivity contribution in [3.63, 3.8) is 0 Å². The van der Waals surface area contributed by atoms with E-state index in [4.69, 9.17) is 28.9 Å². The average molecular weight is 443 g/mol. The largest absolute Gasteiger partial charge is 0.480 e. The molecule has 3 aromatic rings. The van der Waals surface area contributed by atoms with Crippen molar-refractivity contribution in [2.24, 2.45) is 0 Å². The molecule has 0 aliphatic rings. The van der Waals surface area contributed by atoms with E-state index in [9.17, 15) is 14.7 Å². The van der Waals surface area contributed by atoms with E-state index in [2.05, 4.69) is 0 Å². The van der Waals surface area contributed by atoms with Crippen LogP contribution in [-0.4, -0.2) is 27.9 Å². The van der Waals surface area contributed by atoms with Crippen molar-refractivity contribution in [3.8, 4) is 0 Å². The summed E-state index contributed by atoms with van der Waals surface area (Å²) >= 11 is 12.2. The first kappa shape index (κ1) is 21.7. The van der Waals surface area contributed by atoms with E-state index in [1.165, 1.54) is 17.0 Å². The predicted molar refractivity (Wildman–Crippen MR) is 119 cm³/mol. The number of benzene rings is 3. The molecule has 1 atom stereocenters. The van der Waals surface area contributed by atoms with E-state index < -0.39 is 17.9 Å². The fourth-order valence-corrected chi connectivity index (χ4v) is 3.69. The van der Waals surface area contributed by atoms with Crippen molar-refractivity contribution in [2.45, 2.75) is 19.0 Å². The van der Waals surface area contributed by atoms with Crippen LogP contribution in [0.2, 0.25) is 10.0 Å². The van der Waals surface area contributed by atoms with Crippen molar-refractivity contribution >= 4 is 40.8 Å². The number of anilines is 1. The molecule has 1 amide bonds. The van der Waals surface area contributed by atoms with Crippen LogP contribution in [0.4, 0.5) is 5.69 Å². The van der Waals surface area contributed by atoms with Crippen molar-refractivity contribution in [1.82, 2.24) is 4.90 Å². The molecule has 0 aromatic heterocycles. The van der Waals surface area contributed by atoms with Gasteiger partial charge in [0.25, 0.3) is 5.91 Å². The number of nitrogen functional groups attached to an aromatic ring is 1. The van der Waals surface area contributed by atoms with Gasteiger partial charge in [-0.1, -0.05) is 65.7 Å². The molecular weight excluding hydrogens is 423 g/mol. The summed E-state index contributed by atoms with van der Waals surface area (Å²) in [6.07, 6.45) is 0.148. The molecule has 0 saturated heterocycles. The van der Waals surface area contributed by atoms with Gasteiger partial charge in [-0.15, -0.1) is 0 Å². The van der Waals surface area contributed by atoms with Crippen LogP contribution in [0.25, 0.3) is 0 Å². The predicted octanol–water partition coefficient (Wildman–Crippen LogP) is 4.91. The zero-order chi connectivity index (χ0) is 21.7. The van der Waals surface area contributed by atoms with E-state index in [0.29, 0.717) is 16.3 Å². The van der Waals surface area contributed by atoms with Gasteiger partial charge in [0.2, 0.25) is 0 Å². The Kier molecular flexibility index (Phi) is 6.98. The molecule has 0 radical (unpaired) electrons. The molecule has 30 heavy (non-hydrogen) atoms. The summed E-state index contributed by atoms with van der Waals surface area (Å²) in [5.41, 5.74) is 8.10. The Balaban J connectivity index is 2.02. The Morgan fingerprint density at radius 3 is 2.27 bits per heavy atom. The van der Waals surface area contributed by atoms with Crippen molar-refractivity contribution in [2.75, 3.05) is 5.73 Å². The minimum absolute atomic E-state index is 0.0621. The second kappa shape index (κ2) is 9.65. The van der Waals surface area contributed by atoms with Crippen molar-refractivity contribution in [3.05, 3.63) is 99.5 Å². The first-order valence-electron chi connectivity index (χ1n) is 9.22. The molecule has 0 aliphatic heterocycles. The summed E-state index contributed by atoms with van der Waals surface area (Å²) < 4.78 is 0. The molecule has 3 aromatic carbocycles. The summed E-state index contributed by atoms with van der Waals surface area (Å²) in [5, 5.41) is 10.5. The van der Waals surface area contributed by atoms with Gasteiger partial charge in [0, 0.05) is 23.7 Å². The molecule has 0 unspecified atom stereocenters. The number of nitrogens with two attached hydrogens (primary N) is 1. The molecule has 3 rings (SSSR count). The molecular formula is C23H20Cl2N2O3. The Morgan fingerprint density at radius 1 is 0.933 bits per heavy atom. The third-order valence-corrected chi connectivity index (χ3v) is 5.21. The molecule has 0 aliphatic carbocycles. The van der Waals surface area contributed by atoms with Crippen LogP contribution in [0.3, 0.4) is 0 Å². The normalized spacial score (nSPS) is 11.7. The minimum atomic E-state index is -1.11. The standard InChI is InChI=1S/C23H20Cl2N2O3/c24-17-9-10-19(20(25)13-17)22(28)27(14-16-7-4-8-18(26)11-16)21(23(29)30)12-15-5-2-1-3-6-15/h1-11,13,21H,12,14,26H2,(H,29,30)/t21-/m0/s1. The van der Waals surface area contributed by atoms with Crippen LogP contribution in [0.1, 0.15) is 21.5 Å². The summed E-state index contributed by atoms with van der Waals surface area (Å²) in [5.74, 6) is -1.61. The minimum Gasteiger partial charge on any atom is -0.480 e. The van der Waals surface area contributed by atoms with Gasteiger partial charge in [-0.2, -0.15) is 0 Å². The number of hydrogen-bond acceptors (Lipinski definition) is 3. The fraction of sp³-hybridized carbons (Fsp3) is 0.130. The molecule has 0 heterocycles. The highest BCUT2D eigenvalue weighted by Gasteiger charge is 2.31. The Morgan fingerprint density at radius 2 is 1.63 bits per heavy atom. The van der Waals surface area contributed by atoms with Gasteiger partial charge in [-0.05, 0) is 41.5 Å². The Labute approximate surface area is 184 Å². The van der Waals surface area contributed by atoms with E-state index >= 15 is 0 Å². The quantitative estimate of drug-likeness (QED) is 0.508. The number of amides is 1. The van der Waals surface area contributed by atoms with E-state index in [0.717, 1.165) is 5.56 Å². The second-order valence-electron chi connectivity index (χ2n) is 6.85. The SMILES string of the molecule is Nc1cccc(CN(C(=O)c2ccc(Cl)cc2Cl)[C@@H](Cc2ccccc2)C(=O)O)c1. The lowest BCUT2D eigenvalue weighted by atomic mass is 10.0. The van der Waals surface area contributed by atoms with Crippen LogP contribution < -0.4 is 5.73 Å². The molecule has 0 fully saturated rings. The van der Waals surface area contributed by atoms with Gasteiger partial charge in [0.05, 0.1) is 10.6 Å². The van der Waals surface area contributed by atoms with E-state index in [-0.39, 0.29) is 23.6 Å². The highest BCUT2D eigenvalue weighted by atomic mass is 35.5. The number of halogens is 2.